The molecule has 1 aromatic heterocycles. The van der Waals surface area contributed by atoms with Crippen molar-refractivity contribution in [3.05, 3.63) is 16.4 Å². The molecule has 1 heterocycles. The highest BCUT2D eigenvalue weighted by molar-refractivity contribution is 9.10. The molecule has 1 aromatic rings. The highest BCUT2D eigenvalue weighted by Crippen LogP contribution is 2.24. The van der Waals surface area contributed by atoms with E-state index in [1.807, 2.05) is 24.9 Å². The number of halogens is 1. The van der Waals surface area contributed by atoms with Crippen LogP contribution >= 0.6 is 15.9 Å². The lowest BCUT2D eigenvalue weighted by Gasteiger charge is -2.18. The van der Waals surface area contributed by atoms with Crippen molar-refractivity contribution >= 4 is 15.9 Å². The van der Waals surface area contributed by atoms with Gasteiger partial charge in [-0.1, -0.05) is 6.92 Å². The predicted octanol–water partition coefficient (Wildman–Crippen LogP) is 2.26. The topological polar surface area (TPSA) is 39.1 Å². The van der Waals surface area contributed by atoms with Gasteiger partial charge in [0.05, 0.1) is 22.4 Å². The van der Waals surface area contributed by atoms with Crippen LogP contribution in [0.15, 0.2) is 10.7 Å². The van der Waals surface area contributed by atoms with Crippen LogP contribution in [0.3, 0.4) is 0 Å². The Hall–Kier alpha value is -0.390. The SMILES string of the molecule is CCNC(CCOCC)c1c(Br)cnn1C. The van der Waals surface area contributed by atoms with E-state index >= 15 is 0 Å². The average Bonchev–Trinajstić information content (AvgIpc) is 2.58. The first kappa shape index (κ1) is 13.7. The van der Waals surface area contributed by atoms with Gasteiger partial charge in [-0.15, -0.1) is 0 Å². The molecule has 0 bridgehead atoms. The van der Waals surface area contributed by atoms with Crippen LogP contribution in [-0.4, -0.2) is 29.5 Å². The minimum atomic E-state index is 0.290. The minimum absolute atomic E-state index is 0.290. The lowest BCUT2D eigenvalue weighted by atomic mass is 10.1. The highest BCUT2D eigenvalue weighted by atomic mass is 79.9. The maximum Gasteiger partial charge on any atom is 0.0693 e. The van der Waals surface area contributed by atoms with Crippen LogP contribution in [0.25, 0.3) is 0 Å². The van der Waals surface area contributed by atoms with Crippen LogP contribution in [-0.2, 0) is 11.8 Å². The molecule has 0 spiro atoms. The first-order chi connectivity index (χ1) is 7.70. The minimum Gasteiger partial charge on any atom is -0.382 e. The maximum atomic E-state index is 5.40. The number of nitrogens with zero attached hydrogens (tertiary/aromatic N) is 2. The molecule has 0 saturated heterocycles. The molecular formula is C11H20BrN3O. The summed E-state index contributed by atoms with van der Waals surface area (Å²) >= 11 is 3.53. The summed E-state index contributed by atoms with van der Waals surface area (Å²) in [5.41, 5.74) is 1.18. The van der Waals surface area contributed by atoms with E-state index in [4.69, 9.17) is 4.74 Å². The molecule has 0 amide bonds. The molecule has 0 fully saturated rings. The molecular weight excluding hydrogens is 270 g/mol. The number of rotatable bonds is 7. The molecule has 1 atom stereocenters. The molecule has 0 saturated carbocycles. The van der Waals surface area contributed by atoms with Gasteiger partial charge in [-0.05, 0) is 35.8 Å². The Morgan fingerprint density at radius 2 is 2.31 bits per heavy atom. The Morgan fingerprint density at radius 3 is 2.81 bits per heavy atom. The lowest BCUT2D eigenvalue weighted by Crippen LogP contribution is -2.25. The molecule has 1 rings (SSSR count). The van der Waals surface area contributed by atoms with Gasteiger partial charge in [0.15, 0.2) is 0 Å². The zero-order valence-electron chi connectivity index (χ0n) is 10.2. The van der Waals surface area contributed by atoms with Gasteiger partial charge in [0.2, 0.25) is 0 Å². The van der Waals surface area contributed by atoms with Gasteiger partial charge < -0.3 is 10.1 Å². The summed E-state index contributed by atoms with van der Waals surface area (Å²) in [5, 5.41) is 7.69. The van der Waals surface area contributed by atoms with Crippen LogP contribution in [0.5, 0.6) is 0 Å². The number of aryl methyl sites for hydroxylation is 1. The van der Waals surface area contributed by atoms with Crippen molar-refractivity contribution < 1.29 is 4.74 Å². The van der Waals surface area contributed by atoms with E-state index < -0.39 is 0 Å². The zero-order chi connectivity index (χ0) is 12.0. The van der Waals surface area contributed by atoms with Crippen molar-refractivity contribution in [2.24, 2.45) is 7.05 Å². The second kappa shape index (κ2) is 7.04. The monoisotopic (exact) mass is 289 g/mol. The molecule has 1 unspecified atom stereocenters. The predicted molar refractivity (Wildman–Crippen MR) is 68.4 cm³/mol. The van der Waals surface area contributed by atoms with E-state index in [9.17, 15) is 0 Å². The molecule has 0 aliphatic carbocycles. The molecule has 92 valence electrons. The standard InChI is InChI=1S/C11H20BrN3O/c1-4-13-10(6-7-16-5-2)11-9(12)8-14-15(11)3/h8,10,13H,4-7H2,1-3H3. The second-order valence-electron chi connectivity index (χ2n) is 3.60. The van der Waals surface area contributed by atoms with Crippen LogP contribution in [0.1, 0.15) is 32.0 Å². The summed E-state index contributed by atoms with van der Waals surface area (Å²) < 4.78 is 8.36. The smallest absolute Gasteiger partial charge is 0.0693 e. The van der Waals surface area contributed by atoms with E-state index in [1.54, 1.807) is 0 Å². The molecule has 0 aliphatic heterocycles. The fraction of sp³-hybridized carbons (Fsp3) is 0.727. The van der Waals surface area contributed by atoms with Crippen molar-refractivity contribution in [3.8, 4) is 0 Å². The maximum absolute atomic E-state index is 5.40. The van der Waals surface area contributed by atoms with E-state index in [-0.39, 0.29) is 0 Å². The van der Waals surface area contributed by atoms with Gasteiger partial charge in [-0.25, -0.2) is 0 Å². The van der Waals surface area contributed by atoms with Crippen LogP contribution in [0.4, 0.5) is 0 Å². The Kier molecular flexibility index (Phi) is 6.01. The van der Waals surface area contributed by atoms with E-state index in [0.717, 1.165) is 30.7 Å². The first-order valence-electron chi connectivity index (χ1n) is 5.69. The quantitative estimate of drug-likeness (QED) is 0.783. The van der Waals surface area contributed by atoms with Crippen molar-refractivity contribution in [2.45, 2.75) is 26.3 Å². The van der Waals surface area contributed by atoms with Gasteiger partial charge >= 0.3 is 0 Å². The average molecular weight is 290 g/mol. The summed E-state index contributed by atoms with van der Waals surface area (Å²) in [5.74, 6) is 0. The van der Waals surface area contributed by atoms with Crippen molar-refractivity contribution in [2.75, 3.05) is 19.8 Å². The van der Waals surface area contributed by atoms with Gasteiger partial charge in [-0.2, -0.15) is 5.10 Å². The van der Waals surface area contributed by atoms with Gasteiger partial charge in [0, 0.05) is 20.3 Å². The zero-order valence-corrected chi connectivity index (χ0v) is 11.7. The highest BCUT2D eigenvalue weighted by Gasteiger charge is 2.17. The van der Waals surface area contributed by atoms with Crippen molar-refractivity contribution in [1.82, 2.24) is 15.1 Å². The van der Waals surface area contributed by atoms with E-state index in [2.05, 4.69) is 33.3 Å². The summed E-state index contributed by atoms with van der Waals surface area (Å²) in [4.78, 5) is 0. The Morgan fingerprint density at radius 1 is 1.56 bits per heavy atom. The lowest BCUT2D eigenvalue weighted by molar-refractivity contribution is 0.135. The Bertz CT molecular complexity index is 295. The molecule has 16 heavy (non-hydrogen) atoms. The second-order valence-corrected chi connectivity index (χ2v) is 4.45. The third-order valence-electron chi connectivity index (χ3n) is 2.47. The van der Waals surface area contributed by atoms with Crippen LogP contribution in [0, 0.1) is 0 Å². The summed E-state index contributed by atoms with van der Waals surface area (Å²) in [6, 6.07) is 0.290. The third kappa shape index (κ3) is 3.57. The largest absolute Gasteiger partial charge is 0.382 e. The molecule has 5 heteroatoms. The van der Waals surface area contributed by atoms with Crippen molar-refractivity contribution in [1.29, 1.82) is 0 Å². The fourth-order valence-corrected chi connectivity index (χ4v) is 2.36. The van der Waals surface area contributed by atoms with Gasteiger partial charge in [0.1, 0.15) is 0 Å². The number of ether oxygens (including phenoxy) is 1. The van der Waals surface area contributed by atoms with E-state index in [0.29, 0.717) is 6.04 Å². The first-order valence-corrected chi connectivity index (χ1v) is 6.48. The van der Waals surface area contributed by atoms with Gasteiger partial charge in [-0.3, -0.25) is 4.68 Å². The molecule has 0 aliphatic rings. The summed E-state index contributed by atoms with van der Waals surface area (Å²) in [7, 11) is 1.96. The molecule has 0 aromatic carbocycles. The third-order valence-corrected chi connectivity index (χ3v) is 3.08. The molecule has 0 radical (unpaired) electrons. The number of aromatic nitrogens is 2. The van der Waals surface area contributed by atoms with Crippen molar-refractivity contribution in [3.63, 3.8) is 0 Å². The van der Waals surface area contributed by atoms with E-state index in [1.165, 1.54) is 5.69 Å². The normalized spacial score (nSPS) is 13.0. The van der Waals surface area contributed by atoms with Crippen LogP contribution in [0.2, 0.25) is 0 Å². The number of hydrogen-bond acceptors (Lipinski definition) is 3. The Labute approximate surface area is 105 Å². The summed E-state index contributed by atoms with van der Waals surface area (Å²) in [6.07, 6.45) is 2.79. The number of nitrogens with one attached hydrogen (secondary N) is 1. The molecule has 1 N–H and O–H groups in total. The van der Waals surface area contributed by atoms with Gasteiger partial charge in [0.25, 0.3) is 0 Å². The summed E-state index contributed by atoms with van der Waals surface area (Å²) in [6.45, 7) is 6.60. The van der Waals surface area contributed by atoms with Crippen LogP contribution < -0.4 is 5.32 Å². The Balaban J connectivity index is 2.68. The fourth-order valence-electron chi connectivity index (χ4n) is 1.74. The molecule has 4 nitrogen and oxygen atoms in total. The number of hydrogen-bond donors (Lipinski definition) is 1.